The van der Waals surface area contributed by atoms with Crippen LogP contribution in [0, 0.1) is 0 Å². The zero-order valence-electron chi connectivity index (χ0n) is 20.7. The number of carbonyl (C=O) groups is 1. The molecule has 36 heavy (non-hydrogen) atoms. The van der Waals surface area contributed by atoms with Crippen LogP contribution >= 0.6 is 0 Å². The number of benzene rings is 2. The van der Waals surface area contributed by atoms with Crippen molar-refractivity contribution in [2.45, 2.75) is 51.4 Å². The minimum atomic E-state index is -0.670. The summed E-state index contributed by atoms with van der Waals surface area (Å²) < 4.78 is 11.5. The fourth-order valence-corrected chi connectivity index (χ4v) is 4.27. The fraction of sp³-hybridized carbons (Fsp3) is 0.407. The Labute approximate surface area is 210 Å². The van der Waals surface area contributed by atoms with Gasteiger partial charge in [-0.2, -0.15) is 0 Å². The second-order valence-corrected chi connectivity index (χ2v) is 9.05. The molecule has 4 rings (SSSR count). The van der Waals surface area contributed by atoms with E-state index in [4.69, 9.17) is 15.2 Å². The van der Waals surface area contributed by atoms with Crippen LogP contribution in [0.25, 0.3) is 10.9 Å². The molecule has 1 aliphatic carbocycles. The van der Waals surface area contributed by atoms with Crippen molar-refractivity contribution in [1.82, 2.24) is 10.3 Å². The normalized spacial score (nSPS) is 14.0. The molecule has 0 bridgehead atoms. The van der Waals surface area contributed by atoms with Crippen LogP contribution in [-0.4, -0.2) is 53.5 Å². The van der Waals surface area contributed by atoms with Crippen molar-refractivity contribution in [3.8, 4) is 11.5 Å². The number of nitrogens with two attached hydrogens (primary N) is 1. The van der Waals surface area contributed by atoms with Gasteiger partial charge in [-0.05, 0) is 42.5 Å². The number of hydrogen-bond acceptors (Lipinski definition) is 8. The number of nitrogens with zero attached hydrogens (tertiary/aromatic N) is 1. The number of ether oxygens (including phenoxy) is 2. The number of hydrogen-bond donors (Lipinski definition) is 5. The topological polar surface area (TPSA) is 139 Å². The molecule has 2 aromatic carbocycles. The minimum Gasteiger partial charge on any atom is -0.493 e. The summed E-state index contributed by atoms with van der Waals surface area (Å²) in [6.07, 6.45) is 3.95. The number of anilines is 2. The number of methoxy groups -OCH3 is 1. The van der Waals surface area contributed by atoms with Crippen LogP contribution in [0.4, 0.5) is 11.4 Å². The Morgan fingerprint density at radius 3 is 2.72 bits per heavy atom. The van der Waals surface area contributed by atoms with Gasteiger partial charge in [0.2, 0.25) is 5.91 Å². The highest BCUT2D eigenvalue weighted by atomic mass is 16.5. The first-order chi connectivity index (χ1) is 17.4. The Morgan fingerprint density at radius 2 is 2.06 bits per heavy atom. The number of aromatic nitrogens is 1. The molecule has 1 heterocycles. The summed E-state index contributed by atoms with van der Waals surface area (Å²) in [7, 11) is 1.55. The van der Waals surface area contributed by atoms with Gasteiger partial charge in [-0.3, -0.25) is 9.78 Å². The summed E-state index contributed by atoms with van der Waals surface area (Å²) in [6.45, 7) is 2.50. The number of carbonyl (C=O) groups excluding carboxylic acids is 1. The van der Waals surface area contributed by atoms with E-state index < -0.39 is 12.0 Å². The fourth-order valence-electron chi connectivity index (χ4n) is 4.27. The largest absolute Gasteiger partial charge is 0.493 e. The van der Waals surface area contributed by atoms with E-state index in [1.165, 1.54) is 0 Å². The van der Waals surface area contributed by atoms with E-state index in [9.17, 15) is 15.0 Å². The van der Waals surface area contributed by atoms with Gasteiger partial charge >= 0.3 is 0 Å². The molecule has 0 aliphatic heterocycles. The summed E-state index contributed by atoms with van der Waals surface area (Å²) in [5, 5.41) is 27.6. The summed E-state index contributed by atoms with van der Waals surface area (Å²) in [6, 6.07) is 9.76. The zero-order valence-corrected chi connectivity index (χ0v) is 20.7. The Kier molecular flexibility index (Phi) is 8.25. The Balaban J connectivity index is 1.73. The van der Waals surface area contributed by atoms with E-state index in [1.54, 1.807) is 25.4 Å². The number of aliphatic hydroxyl groups is 2. The van der Waals surface area contributed by atoms with Crippen molar-refractivity contribution in [3.63, 3.8) is 0 Å². The average molecular weight is 495 g/mol. The molecule has 1 unspecified atom stereocenters. The average Bonchev–Trinajstić information content (AvgIpc) is 3.71. The van der Waals surface area contributed by atoms with E-state index in [2.05, 4.69) is 15.6 Å². The van der Waals surface area contributed by atoms with Crippen molar-refractivity contribution in [2.75, 3.05) is 25.6 Å². The standard InChI is InChI=1S/C27H34N4O5/c1-3-20-16(14-32)5-4-6-22(20)31-27-17(9-26(28)34)12-30-23-11-24(35-2)25(10-21(23)27)36-15-19(33)13-29-18-7-8-18/h4-6,10-12,18-19,29,32-33H,3,7-9,13-15H2,1-2H3,(H2,28,34)(H,30,31). The lowest BCUT2D eigenvalue weighted by molar-refractivity contribution is -0.117. The predicted molar refractivity (Wildman–Crippen MR) is 139 cm³/mol. The number of rotatable bonds is 13. The van der Waals surface area contributed by atoms with Crippen molar-refractivity contribution in [2.24, 2.45) is 5.73 Å². The summed E-state index contributed by atoms with van der Waals surface area (Å²) in [5.74, 6) is 0.467. The monoisotopic (exact) mass is 494 g/mol. The maximum absolute atomic E-state index is 11.8. The molecule has 192 valence electrons. The highest BCUT2D eigenvalue weighted by molar-refractivity contribution is 5.98. The van der Waals surface area contributed by atoms with Crippen LogP contribution in [0.3, 0.4) is 0 Å². The van der Waals surface area contributed by atoms with Crippen LogP contribution in [0.5, 0.6) is 11.5 Å². The lowest BCUT2D eigenvalue weighted by Crippen LogP contribution is -2.32. The molecule has 9 nitrogen and oxygen atoms in total. The van der Waals surface area contributed by atoms with Gasteiger partial charge in [-0.25, -0.2) is 0 Å². The lowest BCUT2D eigenvalue weighted by Gasteiger charge is -2.20. The molecule has 1 aliphatic rings. The van der Waals surface area contributed by atoms with Gasteiger partial charge in [0, 0.05) is 41.5 Å². The molecule has 1 fully saturated rings. The first-order valence-corrected chi connectivity index (χ1v) is 12.2. The first-order valence-electron chi connectivity index (χ1n) is 12.2. The summed E-state index contributed by atoms with van der Waals surface area (Å²) in [5.41, 5.74) is 10.1. The Morgan fingerprint density at radius 1 is 1.25 bits per heavy atom. The first kappa shape index (κ1) is 25.7. The van der Waals surface area contributed by atoms with Crippen LogP contribution in [0.15, 0.2) is 36.5 Å². The van der Waals surface area contributed by atoms with Gasteiger partial charge in [0.25, 0.3) is 0 Å². The van der Waals surface area contributed by atoms with Gasteiger partial charge in [0.1, 0.15) is 12.7 Å². The number of pyridine rings is 1. The summed E-state index contributed by atoms with van der Waals surface area (Å²) >= 11 is 0. The number of nitrogens with one attached hydrogen (secondary N) is 2. The maximum atomic E-state index is 11.8. The van der Waals surface area contributed by atoms with Gasteiger partial charge in [-0.1, -0.05) is 19.1 Å². The molecule has 3 aromatic rings. The molecule has 1 aromatic heterocycles. The van der Waals surface area contributed by atoms with Crippen LogP contribution < -0.4 is 25.8 Å². The van der Waals surface area contributed by atoms with E-state index >= 15 is 0 Å². The van der Waals surface area contributed by atoms with Gasteiger partial charge in [0.05, 0.1) is 31.3 Å². The Bertz CT molecular complexity index is 1230. The van der Waals surface area contributed by atoms with Crippen LogP contribution in [0.2, 0.25) is 0 Å². The molecule has 0 saturated heterocycles. The lowest BCUT2D eigenvalue weighted by atomic mass is 10.0. The summed E-state index contributed by atoms with van der Waals surface area (Å²) in [4.78, 5) is 16.4. The highest BCUT2D eigenvalue weighted by Gasteiger charge is 2.22. The number of primary amides is 1. The van der Waals surface area contributed by atoms with Gasteiger partial charge in [-0.15, -0.1) is 0 Å². The number of fused-ring (bicyclic) bond motifs is 1. The van der Waals surface area contributed by atoms with Crippen LogP contribution in [0.1, 0.15) is 36.5 Å². The van der Waals surface area contributed by atoms with Gasteiger partial charge < -0.3 is 36.1 Å². The maximum Gasteiger partial charge on any atom is 0.221 e. The molecule has 6 N–H and O–H groups in total. The molecule has 9 heteroatoms. The quantitative estimate of drug-likeness (QED) is 0.244. The SMILES string of the molecule is CCc1c(CO)cccc1Nc1c(CC(N)=O)cnc2cc(OC)c(OCC(O)CNC3CC3)cc12. The third kappa shape index (κ3) is 6.04. The molecule has 0 spiro atoms. The predicted octanol–water partition coefficient (Wildman–Crippen LogP) is 2.56. The van der Waals surface area contributed by atoms with Crippen molar-refractivity contribution in [1.29, 1.82) is 0 Å². The van der Waals surface area contributed by atoms with E-state index in [0.717, 1.165) is 29.7 Å². The third-order valence-electron chi connectivity index (χ3n) is 6.30. The zero-order chi connectivity index (χ0) is 25.7. The molecule has 1 saturated carbocycles. The highest BCUT2D eigenvalue weighted by Crippen LogP contribution is 2.38. The molecule has 0 radical (unpaired) electrons. The van der Waals surface area contributed by atoms with Crippen molar-refractivity contribution < 1.29 is 24.5 Å². The number of amides is 1. The van der Waals surface area contributed by atoms with E-state index in [1.807, 2.05) is 25.1 Å². The number of aliphatic hydroxyl groups excluding tert-OH is 2. The second kappa shape index (κ2) is 11.6. The van der Waals surface area contributed by atoms with E-state index in [-0.39, 0.29) is 19.6 Å². The molecule has 1 atom stereocenters. The smallest absolute Gasteiger partial charge is 0.221 e. The Hall–Kier alpha value is -3.40. The van der Waals surface area contributed by atoms with Crippen molar-refractivity contribution in [3.05, 3.63) is 53.2 Å². The molecular weight excluding hydrogens is 460 g/mol. The second-order valence-electron chi connectivity index (χ2n) is 9.05. The molecule has 1 amide bonds. The van der Waals surface area contributed by atoms with Crippen molar-refractivity contribution >= 4 is 28.2 Å². The third-order valence-corrected chi connectivity index (χ3v) is 6.30. The minimum absolute atomic E-state index is 0.000191. The van der Waals surface area contributed by atoms with Crippen LogP contribution in [-0.2, 0) is 24.2 Å². The van der Waals surface area contributed by atoms with Gasteiger partial charge in [0.15, 0.2) is 11.5 Å². The molecular formula is C27H34N4O5. The van der Waals surface area contributed by atoms with E-state index in [0.29, 0.717) is 52.7 Å².